The Morgan fingerprint density at radius 3 is 2.58 bits per heavy atom. The van der Waals surface area contributed by atoms with Gasteiger partial charge in [0, 0.05) is 8.95 Å². The van der Waals surface area contributed by atoms with Crippen molar-refractivity contribution in [3.8, 4) is 0 Å². The van der Waals surface area contributed by atoms with E-state index < -0.39 is 16.3 Å². The number of carbonyl (C=O) groups excluding carboxylic acids is 1. The fraction of sp³-hybridized carbons (Fsp3) is 0.222. The lowest BCUT2D eigenvalue weighted by molar-refractivity contribution is 0.159. The van der Waals surface area contributed by atoms with Gasteiger partial charge in [-0.3, -0.25) is 4.72 Å². The average molecular weight is 417 g/mol. The van der Waals surface area contributed by atoms with Gasteiger partial charge < -0.3 is 10.5 Å². The number of ether oxygens (including phenoxy) is 1. The van der Waals surface area contributed by atoms with Gasteiger partial charge in [0.2, 0.25) is 0 Å². The van der Waals surface area contributed by atoms with Crippen molar-refractivity contribution in [3.05, 3.63) is 21.1 Å². The van der Waals surface area contributed by atoms with E-state index in [9.17, 15) is 13.2 Å². The van der Waals surface area contributed by atoms with Crippen LogP contribution in [0.25, 0.3) is 0 Å². The molecule has 4 N–H and O–H groups in total. The van der Waals surface area contributed by atoms with E-state index in [1.807, 2.05) is 0 Å². The highest BCUT2D eigenvalue weighted by Crippen LogP contribution is 2.32. The normalized spacial score (nSPS) is 10.9. The molecule has 0 saturated heterocycles. The molecule has 0 spiro atoms. The first-order valence-corrected chi connectivity index (χ1v) is 8.04. The zero-order valence-electron chi connectivity index (χ0n) is 9.74. The molecule has 0 radical (unpaired) electrons. The predicted octanol–water partition coefficient (Wildman–Crippen LogP) is 2.20. The number of halogens is 2. The second-order valence-electron chi connectivity index (χ2n) is 3.28. The number of hydrogen-bond donors (Lipinski definition) is 3. The van der Waals surface area contributed by atoms with Crippen LogP contribution < -0.4 is 15.2 Å². The van der Waals surface area contributed by atoms with Crippen LogP contribution in [0.4, 0.5) is 16.2 Å². The summed E-state index contributed by atoms with van der Waals surface area (Å²) in [6.45, 7) is 1.62. The van der Waals surface area contributed by atoms with Gasteiger partial charge in [-0.15, -0.1) is 0 Å². The summed E-state index contributed by atoms with van der Waals surface area (Å²) in [6, 6.07) is 3.13. The molecular formula is C9H11Br2N3O4S. The molecule has 0 fully saturated rings. The van der Waals surface area contributed by atoms with Crippen LogP contribution in [0, 0.1) is 0 Å². The zero-order valence-corrected chi connectivity index (χ0v) is 13.7. The Hall–Kier alpha value is -1.000. The Kier molecular flexibility index (Phi) is 5.44. The summed E-state index contributed by atoms with van der Waals surface area (Å²) < 4.78 is 32.7. The molecule has 0 heterocycles. The molecule has 10 heteroatoms. The molecule has 0 saturated carbocycles. The maximum atomic E-state index is 11.7. The van der Waals surface area contributed by atoms with Crippen LogP contribution in [0.2, 0.25) is 0 Å². The molecule has 1 amide bonds. The molecule has 7 nitrogen and oxygen atoms in total. The number of nitrogens with two attached hydrogens (primary N) is 1. The smallest absolute Gasteiger partial charge is 0.422 e. The number of anilines is 2. The highest BCUT2D eigenvalue weighted by molar-refractivity contribution is 9.11. The van der Waals surface area contributed by atoms with Gasteiger partial charge in [-0.1, -0.05) is 15.9 Å². The fourth-order valence-electron chi connectivity index (χ4n) is 1.13. The van der Waals surface area contributed by atoms with E-state index in [-0.39, 0.29) is 18.0 Å². The topological polar surface area (TPSA) is 111 Å². The molecule has 0 atom stereocenters. The first-order chi connectivity index (χ1) is 8.75. The fourth-order valence-corrected chi connectivity index (χ4v) is 3.45. The molecule has 106 valence electrons. The van der Waals surface area contributed by atoms with Gasteiger partial charge in [-0.05, 0) is 35.0 Å². The molecular weight excluding hydrogens is 406 g/mol. The number of carbonyl (C=O) groups is 1. The van der Waals surface area contributed by atoms with Gasteiger partial charge in [-0.2, -0.15) is 8.42 Å². The molecule has 1 rings (SSSR count). The molecule has 19 heavy (non-hydrogen) atoms. The Morgan fingerprint density at radius 1 is 1.42 bits per heavy atom. The molecule has 0 bridgehead atoms. The number of nitrogens with one attached hydrogen (secondary N) is 2. The van der Waals surface area contributed by atoms with E-state index in [0.717, 1.165) is 0 Å². The van der Waals surface area contributed by atoms with Crippen LogP contribution in [0.3, 0.4) is 0 Å². The third kappa shape index (κ3) is 4.88. The van der Waals surface area contributed by atoms with E-state index in [0.29, 0.717) is 8.95 Å². The Balaban J connectivity index is 2.93. The van der Waals surface area contributed by atoms with Crippen LogP contribution in [0.1, 0.15) is 6.92 Å². The monoisotopic (exact) mass is 415 g/mol. The second-order valence-corrected chi connectivity index (χ2v) is 6.47. The third-order valence-electron chi connectivity index (χ3n) is 1.82. The summed E-state index contributed by atoms with van der Waals surface area (Å²) in [5.41, 5.74) is 6.00. The van der Waals surface area contributed by atoms with E-state index >= 15 is 0 Å². The lowest BCUT2D eigenvalue weighted by Gasteiger charge is -2.13. The van der Waals surface area contributed by atoms with Crippen molar-refractivity contribution in [3.63, 3.8) is 0 Å². The largest absolute Gasteiger partial charge is 0.449 e. The highest BCUT2D eigenvalue weighted by Gasteiger charge is 2.18. The minimum atomic E-state index is -4.11. The van der Waals surface area contributed by atoms with Crippen molar-refractivity contribution in [2.24, 2.45) is 0 Å². The molecule has 0 unspecified atom stereocenters. The molecule has 0 aromatic heterocycles. The summed E-state index contributed by atoms with van der Waals surface area (Å²) >= 11 is 6.38. The third-order valence-corrected chi connectivity index (χ3v) is 3.81. The van der Waals surface area contributed by atoms with E-state index in [1.165, 1.54) is 6.07 Å². The molecule has 0 aliphatic heterocycles. The van der Waals surface area contributed by atoms with Crippen molar-refractivity contribution in [2.75, 3.05) is 17.1 Å². The van der Waals surface area contributed by atoms with E-state index in [1.54, 1.807) is 17.7 Å². The number of nitrogen functional groups attached to an aromatic ring is 1. The molecule has 0 aliphatic rings. The minimum Gasteiger partial charge on any atom is -0.449 e. The highest BCUT2D eigenvalue weighted by atomic mass is 79.9. The lowest BCUT2D eigenvalue weighted by Crippen LogP contribution is -2.36. The number of benzene rings is 1. The van der Waals surface area contributed by atoms with Crippen molar-refractivity contribution in [1.29, 1.82) is 0 Å². The summed E-state index contributed by atoms with van der Waals surface area (Å²) in [4.78, 5) is 11.1. The number of rotatable bonds is 4. The predicted molar refractivity (Wildman–Crippen MR) is 79.0 cm³/mol. The first-order valence-electron chi connectivity index (χ1n) is 4.97. The SMILES string of the molecule is CCOC(=O)NS(=O)(=O)Nc1c(N)cc(Br)cc1Br. The molecule has 1 aromatic rings. The quantitative estimate of drug-likeness (QED) is 0.651. The Morgan fingerprint density at radius 2 is 2.05 bits per heavy atom. The molecule has 1 aromatic carbocycles. The minimum absolute atomic E-state index is 0.0610. The number of amides is 1. The first kappa shape index (κ1) is 16.1. The van der Waals surface area contributed by atoms with Crippen molar-refractivity contribution in [1.82, 2.24) is 4.72 Å². The van der Waals surface area contributed by atoms with Crippen molar-refractivity contribution < 1.29 is 17.9 Å². The standard InChI is InChI=1S/C9H11Br2N3O4S/c1-2-18-9(15)14-19(16,17)13-8-6(11)3-5(10)4-7(8)12/h3-4,13H,2,12H2,1H3,(H,14,15). The van der Waals surface area contributed by atoms with Crippen molar-refractivity contribution >= 4 is 59.5 Å². The van der Waals surface area contributed by atoms with Crippen LogP contribution in [0.15, 0.2) is 21.1 Å². The van der Waals surface area contributed by atoms with Gasteiger partial charge in [0.25, 0.3) is 0 Å². The zero-order chi connectivity index (χ0) is 14.6. The van der Waals surface area contributed by atoms with Gasteiger partial charge in [0.15, 0.2) is 0 Å². The summed E-state index contributed by atoms with van der Waals surface area (Å²) in [6.07, 6.45) is -1.07. The van der Waals surface area contributed by atoms with Crippen molar-refractivity contribution in [2.45, 2.75) is 6.92 Å². The second kappa shape index (κ2) is 6.44. The van der Waals surface area contributed by atoms with Crippen LogP contribution >= 0.6 is 31.9 Å². The Bertz CT molecular complexity index is 568. The maximum absolute atomic E-state index is 11.7. The average Bonchev–Trinajstić information content (AvgIpc) is 2.23. The summed E-state index contributed by atoms with van der Waals surface area (Å²) in [5.74, 6) is 0. The van der Waals surface area contributed by atoms with Crippen LogP contribution in [-0.2, 0) is 14.9 Å². The van der Waals surface area contributed by atoms with Gasteiger partial charge in [0.1, 0.15) is 0 Å². The van der Waals surface area contributed by atoms with Gasteiger partial charge in [0.05, 0.1) is 18.0 Å². The Labute approximate surface area is 127 Å². The maximum Gasteiger partial charge on any atom is 0.422 e. The molecule has 0 aliphatic carbocycles. The van der Waals surface area contributed by atoms with Gasteiger partial charge in [-0.25, -0.2) is 9.52 Å². The van der Waals surface area contributed by atoms with Crippen LogP contribution in [-0.4, -0.2) is 21.1 Å². The van der Waals surface area contributed by atoms with E-state index in [4.69, 9.17) is 5.73 Å². The van der Waals surface area contributed by atoms with E-state index in [2.05, 4.69) is 41.3 Å². The summed E-state index contributed by atoms with van der Waals surface area (Å²) in [7, 11) is -4.11. The summed E-state index contributed by atoms with van der Waals surface area (Å²) in [5, 5.41) is 0. The van der Waals surface area contributed by atoms with Gasteiger partial charge >= 0.3 is 16.3 Å². The van der Waals surface area contributed by atoms with Crippen LogP contribution in [0.5, 0.6) is 0 Å². The number of hydrogen-bond acceptors (Lipinski definition) is 5. The lowest BCUT2D eigenvalue weighted by atomic mass is 10.3.